The fourth-order valence-corrected chi connectivity index (χ4v) is 2.88. The molecule has 7 nitrogen and oxygen atoms in total. The highest BCUT2D eigenvalue weighted by Crippen LogP contribution is 2.27. The fourth-order valence-electron chi connectivity index (χ4n) is 2.88. The van der Waals surface area contributed by atoms with Crippen molar-refractivity contribution in [2.24, 2.45) is 0 Å². The number of nitrogens with zero attached hydrogens (tertiary/aromatic N) is 4. The van der Waals surface area contributed by atoms with Crippen LogP contribution in [0.2, 0.25) is 0 Å². The number of aromatic nitrogens is 4. The molecular formula is C21H22N6O. The maximum Gasteiger partial charge on any atom is 0.226 e. The number of rotatable bonds is 7. The Hall–Kier alpha value is -3.45. The third kappa shape index (κ3) is 3.79. The normalized spacial score (nSPS) is 10.9. The highest BCUT2D eigenvalue weighted by atomic mass is 16.5. The van der Waals surface area contributed by atoms with Gasteiger partial charge in [-0.1, -0.05) is 35.9 Å². The van der Waals surface area contributed by atoms with Gasteiger partial charge < -0.3 is 15.4 Å². The zero-order valence-corrected chi connectivity index (χ0v) is 15.9. The van der Waals surface area contributed by atoms with Crippen LogP contribution in [0.25, 0.3) is 16.7 Å². The van der Waals surface area contributed by atoms with Gasteiger partial charge in [-0.2, -0.15) is 15.1 Å². The number of nitrogens with one attached hydrogen (secondary N) is 2. The van der Waals surface area contributed by atoms with Crippen LogP contribution in [0.3, 0.4) is 0 Å². The van der Waals surface area contributed by atoms with E-state index in [2.05, 4.69) is 44.8 Å². The van der Waals surface area contributed by atoms with Crippen LogP contribution in [0.1, 0.15) is 5.56 Å². The monoisotopic (exact) mass is 374 g/mol. The molecule has 2 heterocycles. The van der Waals surface area contributed by atoms with Gasteiger partial charge >= 0.3 is 0 Å². The Morgan fingerprint density at radius 2 is 1.79 bits per heavy atom. The molecule has 0 atom stereocenters. The molecule has 2 aromatic carbocycles. The van der Waals surface area contributed by atoms with Crippen LogP contribution in [-0.2, 0) is 4.74 Å². The fraction of sp³-hybridized carbons (Fsp3) is 0.190. The first-order valence-electron chi connectivity index (χ1n) is 9.12. The summed E-state index contributed by atoms with van der Waals surface area (Å²) in [7, 11) is 1.67. The van der Waals surface area contributed by atoms with Crippen LogP contribution < -0.4 is 10.6 Å². The van der Waals surface area contributed by atoms with E-state index >= 15 is 0 Å². The summed E-state index contributed by atoms with van der Waals surface area (Å²) in [5, 5.41) is 12.0. The van der Waals surface area contributed by atoms with E-state index in [0.717, 1.165) is 22.4 Å². The average molecular weight is 374 g/mol. The van der Waals surface area contributed by atoms with Gasteiger partial charge in [0.2, 0.25) is 5.95 Å². The van der Waals surface area contributed by atoms with Crippen molar-refractivity contribution in [3.8, 4) is 5.69 Å². The minimum atomic E-state index is 0.525. The second-order valence-electron chi connectivity index (χ2n) is 6.44. The minimum Gasteiger partial charge on any atom is -0.383 e. The predicted octanol–water partition coefficient (Wildman–Crippen LogP) is 3.93. The first kappa shape index (κ1) is 17.9. The lowest BCUT2D eigenvalue weighted by molar-refractivity contribution is 0.210. The van der Waals surface area contributed by atoms with E-state index in [1.807, 2.05) is 47.1 Å². The number of ether oxygens (including phenoxy) is 1. The zero-order valence-electron chi connectivity index (χ0n) is 15.9. The summed E-state index contributed by atoms with van der Waals surface area (Å²) in [4.78, 5) is 9.34. The Morgan fingerprint density at radius 3 is 2.54 bits per heavy atom. The molecule has 0 saturated heterocycles. The van der Waals surface area contributed by atoms with Gasteiger partial charge in [-0.25, -0.2) is 4.68 Å². The molecule has 0 aliphatic rings. The predicted molar refractivity (Wildman–Crippen MR) is 111 cm³/mol. The molecule has 0 amide bonds. The standard InChI is InChI=1S/C21H22N6O/c1-15-8-10-16(11-9-15)24-19-18-14-23-27(17-6-4-3-5-7-17)20(18)26-21(25-19)22-12-13-28-2/h3-11,14H,12-13H2,1-2H3,(H2,22,24,25,26). The van der Waals surface area contributed by atoms with Gasteiger partial charge in [0.05, 0.1) is 23.9 Å². The van der Waals surface area contributed by atoms with Gasteiger partial charge in [-0.05, 0) is 31.2 Å². The summed E-state index contributed by atoms with van der Waals surface area (Å²) in [6.45, 7) is 3.25. The van der Waals surface area contributed by atoms with Gasteiger partial charge in [0.15, 0.2) is 5.65 Å². The van der Waals surface area contributed by atoms with Gasteiger partial charge in [0.1, 0.15) is 5.82 Å². The molecular weight excluding hydrogens is 352 g/mol. The SMILES string of the molecule is COCCNc1nc(Nc2ccc(C)cc2)c2cnn(-c3ccccc3)c2n1. The summed E-state index contributed by atoms with van der Waals surface area (Å²) in [6.07, 6.45) is 1.79. The molecule has 2 N–H and O–H groups in total. The Morgan fingerprint density at radius 1 is 1.00 bits per heavy atom. The van der Waals surface area contributed by atoms with Crippen molar-refractivity contribution in [1.29, 1.82) is 0 Å². The topological polar surface area (TPSA) is 76.9 Å². The summed E-state index contributed by atoms with van der Waals surface area (Å²) >= 11 is 0. The number of para-hydroxylation sites is 1. The van der Waals surface area contributed by atoms with E-state index in [9.17, 15) is 0 Å². The van der Waals surface area contributed by atoms with E-state index < -0.39 is 0 Å². The molecule has 28 heavy (non-hydrogen) atoms. The number of hydrogen-bond donors (Lipinski definition) is 2. The molecule has 4 rings (SSSR count). The van der Waals surface area contributed by atoms with Crippen LogP contribution in [0.5, 0.6) is 0 Å². The van der Waals surface area contributed by atoms with Gasteiger partial charge in [-0.15, -0.1) is 0 Å². The summed E-state index contributed by atoms with van der Waals surface area (Å²) < 4.78 is 6.93. The molecule has 4 aromatic rings. The molecule has 0 spiro atoms. The van der Waals surface area contributed by atoms with E-state index in [0.29, 0.717) is 24.9 Å². The second kappa shape index (κ2) is 8.06. The first-order valence-corrected chi connectivity index (χ1v) is 9.12. The maximum atomic E-state index is 5.11. The lowest BCUT2D eigenvalue weighted by Crippen LogP contribution is -2.11. The Balaban J connectivity index is 1.78. The lowest BCUT2D eigenvalue weighted by Gasteiger charge is -2.11. The molecule has 0 aliphatic heterocycles. The van der Waals surface area contributed by atoms with Crippen LogP contribution >= 0.6 is 0 Å². The smallest absolute Gasteiger partial charge is 0.226 e. The quantitative estimate of drug-likeness (QED) is 0.478. The summed E-state index contributed by atoms with van der Waals surface area (Å²) in [6, 6.07) is 18.1. The molecule has 0 bridgehead atoms. The zero-order chi connectivity index (χ0) is 19.3. The van der Waals surface area contributed by atoms with Crippen molar-refractivity contribution in [3.63, 3.8) is 0 Å². The number of methoxy groups -OCH3 is 1. The molecule has 0 aliphatic carbocycles. The van der Waals surface area contributed by atoms with Gasteiger partial charge in [-0.3, -0.25) is 0 Å². The van der Waals surface area contributed by atoms with Crippen molar-refractivity contribution in [2.45, 2.75) is 6.92 Å². The van der Waals surface area contributed by atoms with Crippen molar-refractivity contribution in [3.05, 3.63) is 66.4 Å². The largest absolute Gasteiger partial charge is 0.383 e. The summed E-state index contributed by atoms with van der Waals surface area (Å²) in [5.41, 5.74) is 3.84. The van der Waals surface area contributed by atoms with Crippen molar-refractivity contribution >= 4 is 28.5 Å². The van der Waals surface area contributed by atoms with Crippen molar-refractivity contribution in [2.75, 3.05) is 30.9 Å². The van der Waals surface area contributed by atoms with E-state index in [-0.39, 0.29) is 0 Å². The average Bonchev–Trinajstić information content (AvgIpc) is 3.15. The minimum absolute atomic E-state index is 0.525. The highest BCUT2D eigenvalue weighted by Gasteiger charge is 2.14. The van der Waals surface area contributed by atoms with E-state index in [1.54, 1.807) is 13.3 Å². The van der Waals surface area contributed by atoms with Gasteiger partial charge in [0.25, 0.3) is 0 Å². The molecule has 7 heteroatoms. The number of benzene rings is 2. The lowest BCUT2D eigenvalue weighted by atomic mass is 10.2. The number of aryl methyl sites for hydroxylation is 1. The van der Waals surface area contributed by atoms with Crippen LogP contribution in [0.4, 0.5) is 17.5 Å². The first-order chi connectivity index (χ1) is 13.7. The van der Waals surface area contributed by atoms with E-state index in [4.69, 9.17) is 4.74 Å². The Kier molecular flexibility index (Phi) is 5.16. The van der Waals surface area contributed by atoms with Crippen LogP contribution in [-0.4, -0.2) is 40.0 Å². The molecule has 0 saturated carbocycles. The second-order valence-corrected chi connectivity index (χ2v) is 6.44. The number of anilines is 3. The molecule has 0 unspecified atom stereocenters. The number of hydrogen-bond acceptors (Lipinski definition) is 6. The molecule has 0 fully saturated rings. The molecule has 0 radical (unpaired) electrons. The van der Waals surface area contributed by atoms with Crippen LogP contribution in [0.15, 0.2) is 60.8 Å². The third-order valence-corrected chi connectivity index (χ3v) is 4.33. The Bertz CT molecular complexity index is 1060. The third-order valence-electron chi connectivity index (χ3n) is 4.33. The summed E-state index contributed by atoms with van der Waals surface area (Å²) in [5.74, 6) is 1.23. The Labute approximate surface area is 163 Å². The van der Waals surface area contributed by atoms with Crippen molar-refractivity contribution < 1.29 is 4.74 Å². The highest BCUT2D eigenvalue weighted by molar-refractivity contribution is 5.90. The maximum absolute atomic E-state index is 5.11. The van der Waals surface area contributed by atoms with E-state index in [1.165, 1.54) is 5.56 Å². The number of fused-ring (bicyclic) bond motifs is 1. The van der Waals surface area contributed by atoms with Crippen LogP contribution in [0, 0.1) is 6.92 Å². The molecule has 142 valence electrons. The van der Waals surface area contributed by atoms with Crippen molar-refractivity contribution in [1.82, 2.24) is 19.7 Å². The van der Waals surface area contributed by atoms with Gasteiger partial charge in [0, 0.05) is 19.3 Å². The molecule has 2 aromatic heterocycles.